The predicted octanol–water partition coefficient (Wildman–Crippen LogP) is 3.00. The Hall–Kier alpha value is -3.72. The summed E-state index contributed by atoms with van der Waals surface area (Å²) in [6.07, 6.45) is 4.63. The zero-order valence-electron chi connectivity index (χ0n) is 16.2. The number of ether oxygens (including phenoxy) is 1. The van der Waals surface area contributed by atoms with Gasteiger partial charge in [-0.25, -0.2) is 14.3 Å². The maximum Gasteiger partial charge on any atom is 0.331 e. The molecule has 3 amide bonds. The van der Waals surface area contributed by atoms with E-state index < -0.39 is 24.5 Å². The lowest BCUT2D eigenvalue weighted by molar-refractivity contribution is -0.143. The fourth-order valence-corrected chi connectivity index (χ4v) is 3.27. The van der Waals surface area contributed by atoms with Crippen LogP contribution < -0.4 is 10.6 Å². The van der Waals surface area contributed by atoms with E-state index in [0.717, 1.165) is 21.8 Å². The summed E-state index contributed by atoms with van der Waals surface area (Å²) in [5.74, 6) is -1.41. The van der Waals surface area contributed by atoms with E-state index in [0.29, 0.717) is 6.54 Å². The number of para-hydroxylation sites is 1. The van der Waals surface area contributed by atoms with Gasteiger partial charge in [0, 0.05) is 24.4 Å². The molecule has 0 spiro atoms. The molecular weight excluding hydrogens is 404 g/mol. The number of hydrogen-bond donors (Lipinski definition) is 2. The summed E-state index contributed by atoms with van der Waals surface area (Å²) in [7, 11) is 0. The van der Waals surface area contributed by atoms with Gasteiger partial charge < -0.3 is 10.1 Å². The van der Waals surface area contributed by atoms with Crippen LogP contribution in [0.4, 0.5) is 4.79 Å². The van der Waals surface area contributed by atoms with Crippen molar-refractivity contribution in [2.45, 2.75) is 6.92 Å². The van der Waals surface area contributed by atoms with Crippen molar-refractivity contribution in [3.63, 3.8) is 0 Å². The van der Waals surface area contributed by atoms with Crippen molar-refractivity contribution in [2.75, 3.05) is 13.2 Å². The predicted molar refractivity (Wildman–Crippen MR) is 114 cm³/mol. The lowest BCUT2D eigenvalue weighted by atomic mass is 10.2. The van der Waals surface area contributed by atoms with Crippen molar-refractivity contribution >= 4 is 35.3 Å². The number of thiophene rings is 1. The zero-order chi connectivity index (χ0) is 21.3. The van der Waals surface area contributed by atoms with E-state index in [1.54, 1.807) is 29.0 Å². The molecule has 30 heavy (non-hydrogen) atoms. The van der Waals surface area contributed by atoms with E-state index >= 15 is 0 Å². The van der Waals surface area contributed by atoms with Crippen molar-refractivity contribution in [3.05, 3.63) is 65.7 Å². The first-order valence-electron chi connectivity index (χ1n) is 9.18. The van der Waals surface area contributed by atoms with Crippen LogP contribution in [0.3, 0.4) is 0 Å². The highest BCUT2D eigenvalue weighted by Gasteiger charge is 2.13. The second kappa shape index (κ2) is 10.2. The molecule has 3 rings (SSSR count). The molecule has 0 unspecified atom stereocenters. The van der Waals surface area contributed by atoms with Gasteiger partial charge in [-0.2, -0.15) is 5.10 Å². The van der Waals surface area contributed by atoms with Crippen molar-refractivity contribution in [1.82, 2.24) is 20.4 Å². The molecule has 0 aliphatic heterocycles. The molecule has 1 aromatic carbocycles. The Labute approximate surface area is 177 Å². The van der Waals surface area contributed by atoms with Gasteiger partial charge in [-0.05, 0) is 36.6 Å². The molecule has 0 radical (unpaired) electrons. The minimum absolute atomic E-state index is 0.380. The summed E-state index contributed by atoms with van der Waals surface area (Å²) in [6.45, 7) is 1.55. The van der Waals surface area contributed by atoms with E-state index in [-0.39, 0.29) is 0 Å². The van der Waals surface area contributed by atoms with Gasteiger partial charge in [0.05, 0.1) is 10.6 Å². The summed E-state index contributed by atoms with van der Waals surface area (Å²) in [5.41, 5.74) is 2.34. The highest BCUT2D eigenvalue weighted by molar-refractivity contribution is 7.13. The Morgan fingerprint density at radius 3 is 2.67 bits per heavy atom. The van der Waals surface area contributed by atoms with Gasteiger partial charge in [0.15, 0.2) is 6.61 Å². The summed E-state index contributed by atoms with van der Waals surface area (Å²) < 4.78 is 6.62. The number of benzene rings is 1. The van der Waals surface area contributed by atoms with Crippen LogP contribution in [0.5, 0.6) is 0 Å². The summed E-state index contributed by atoms with van der Waals surface area (Å²) in [5, 5.41) is 11.1. The Bertz CT molecular complexity index is 1040. The number of nitrogens with zero attached hydrogens (tertiary/aromatic N) is 2. The lowest BCUT2D eigenvalue weighted by Gasteiger charge is -2.04. The van der Waals surface area contributed by atoms with Gasteiger partial charge in [-0.1, -0.05) is 24.3 Å². The number of carbonyl (C=O) groups is 3. The Morgan fingerprint density at radius 2 is 1.97 bits per heavy atom. The number of hydrogen-bond acceptors (Lipinski definition) is 6. The minimum Gasteiger partial charge on any atom is -0.452 e. The number of rotatable bonds is 7. The van der Waals surface area contributed by atoms with E-state index in [4.69, 9.17) is 4.74 Å². The van der Waals surface area contributed by atoms with Crippen molar-refractivity contribution in [2.24, 2.45) is 0 Å². The van der Waals surface area contributed by atoms with Crippen LogP contribution in [0.15, 0.2) is 60.1 Å². The van der Waals surface area contributed by atoms with Crippen LogP contribution >= 0.6 is 11.3 Å². The molecular formula is C21H20N4O4S. The third-order valence-electron chi connectivity index (χ3n) is 3.85. The van der Waals surface area contributed by atoms with E-state index in [1.165, 1.54) is 6.08 Å². The van der Waals surface area contributed by atoms with Crippen molar-refractivity contribution < 1.29 is 19.1 Å². The van der Waals surface area contributed by atoms with Gasteiger partial charge in [0.25, 0.3) is 5.91 Å². The lowest BCUT2D eigenvalue weighted by Crippen LogP contribution is -2.41. The van der Waals surface area contributed by atoms with Crippen LogP contribution in [-0.4, -0.2) is 40.8 Å². The average molecular weight is 424 g/mol. The molecule has 2 N–H and O–H groups in total. The molecule has 0 saturated carbocycles. The van der Waals surface area contributed by atoms with Crippen LogP contribution in [0.2, 0.25) is 0 Å². The highest BCUT2D eigenvalue weighted by Crippen LogP contribution is 2.28. The summed E-state index contributed by atoms with van der Waals surface area (Å²) >= 11 is 1.54. The Morgan fingerprint density at radius 1 is 1.17 bits per heavy atom. The molecule has 8 nitrogen and oxygen atoms in total. The Balaban J connectivity index is 1.70. The number of carbonyl (C=O) groups excluding carboxylic acids is 3. The minimum atomic E-state index is -0.709. The molecule has 0 aliphatic rings. The van der Waals surface area contributed by atoms with E-state index in [1.807, 2.05) is 54.0 Å². The second-order valence-electron chi connectivity index (χ2n) is 6.04. The number of aromatic nitrogens is 2. The third kappa shape index (κ3) is 5.65. The number of imide groups is 1. The normalized spacial score (nSPS) is 10.7. The quantitative estimate of drug-likeness (QED) is 0.448. The van der Waals surface area contributed by atoms with Crippen LogP contribution in [0.1, 0.15) is 12.5 Å². The van der Waals surface area contributed by atoms with Gasteiger partial charge >= 0.3 is 12.0 Å². The molecule has 0 atom stereocenters. The van der Waals surface area contributed by atoms with Crippen LogP contribution in [0, 0.1) is 0 Å². The van der Waals surface area contributed by atoms with Crippen molar-refractivity contribution in [1.29, 1.82) is 0 Å². The molecule has 0 fully saturated rings. The highest BCUT2D eigenvalue weighted by atomic mass is 32.1. The molecule has 154 valence electrons. The topological polar surface area (TPSA) is 102 Å². The molecule has 9 heteroatoms. The van der Waals surface area contributed by atoms with Gasteiger partial charge in [0.1, 0.15) is 5.69 Å². The molecule has 0 aliphatic carbocycles. The number of amides is 3. The van der Waals surface area contributed by atoms with Gasteiger partial charge in [-0.15, -0.1) is 11.3 Å². The maximum atomic E-state index is 12.0. The Kier molecular flexibility index (Phi) is 7.12. The molecule has 0 bridgehead atoms. The number of nitrogens with one attached hydrogen (secondary N) is 2. The fraction of sp³-hybridized carbons (Fsp3) is 0.143. The molecule has 3 aromatic rings. The van der Waals surface area contributed by atoms with E-state index in [2.05, 4.69) is 15.7 Å². The van der Waals surface area contributed by atoms with E-state index in [9.17, 15) is 14.4 Å². The van der Waals surface area contributed by atoms with Crippen LogP contribution in [-0.2, 0) is 14.3 Å². The van der Waals surface area contributed by atoms with Gasteiger partial charge in [0.2, 0.25) is 0 Å². The number of urea groups is 1. The third-order valence-corrected chi connectivity index (χ3v) is 4.73. The largest absolute Gasteiger partial charge is 0.452 e. The smallest absolute Gasteiger partial charge is 0.331 e. The SMILES string of the molecule is CCNC(=O)NC(=O)COC(=O)/C=C/c1cn(-c2ccccc2)nc1-c1cccs1. The molecule has 2 aromatic heterocycles. The first-order chi connectivity index (χ1) is 14.6. The average Bonchev–Trinajstić information content (AvgIpc) is 3.41. The number of esters is 1. The van der Waals surface area contributed by atoms with Crippen LogP contribution in [0.25, 0.3) is 22.3 Å². The molecule has 0 saturated heterocycles. The monoisotopic (exact) mass is 424 g/mol. The van der Waals surface area contributed by atoms with Crippen molar-refractivity contribution in [3.8, 4) is 16.3 Å². The fourth-order valence-electron chi connectivity index (χ4n) is 2.54. The zero-order valence-corrected chi connectivity index (χ0v) is 17.0. The second-order valence-corrected chi connectivity index (χ2v) is 6.99. The summed E-state index contributed by atoms with van der Waals surface area (Å²) in [4.78, 5) is 35.8. The first kappa shape index (κ1) is 21.0. The molecule has 2 heterocycles. The summed E-state index contributed by atoms with van der Waals surface area (Å²) in [6, 6.07) is 12.9. The maximum absolute atomic E-state index is 12.0. The van der Waals surface area contributed by atoms with Gasteiger partial charge in [-0.3, -0.25) is 10.1 Å². The first-order valence-corrected chi connectivity index (χ1v) is 10.1. The standard InChI is InChI=1S/C21H20N4O4S/c1-2-22-21(28)23-18(26)14-29-19(27)11-10-15-13-25(16-7-4-3-5-8-16)24-20(15)17-9-6-12-30-17/h3-13H,2,14H2,1H3,(H2,22,23,26,28)/b11-10+.